The number of nitriles is 1. The zero-order chi connectivity index (χ0) is 25.3. The third kappa shape index (κ3) is 5.52. The first-order valence-electron chi connectivity index (χ1n) is 11.2. The summed E-state index contributed by atoms with van der Waals surface area (Å²) in [7, 11) is 0. The van der Waals surface area contributed by atoms with Crippen LogP contribution < -0.4 is 5.56 Å². The molecule has 0 saturated carbocycles. The number of nitrogens with zero attached hydrogens (tertiary/aromatic N) is 4. The van der Waals surface area contributed by atoms with Crippen molar-refractivity contribution < 1.29 is 4.92 Å². The number of aryl methyl sites for hydroxylation is 1. The van der Waals surface area contributed by atoms with Crippen LogP contribution in [0, 0.1) is 39.7 Å². The van der Waals surface area contributed by atoms with Gasteiger partial charge in [-0.1, -0.05) is 32.5 Å². The molecule has 0 unspecified atom stereocenters. The van der Waals surface area contributed by atoms with Gasteiger partial charge in [-0.25, -0.2) is 9.98 Å². The van der Waals surface area contributed by atoms with Crippen molar-refractivity contribution in [3.63, 3.8) is 0 Å². The van der Waals surface area contributed by atoms with Gasteiger partial charge in [-0.3, -0.25) is 14.9 Å². The molecule has 0 aliphatic heterocycles. The van der Waals surface area contributed by atoms with Gasteiger partial charge in [0.2, 0.25) is 0 Å². The smallest absolute Gasteiger partial charge is 0.270 e. The molecule has 2 aromatic heterocycles. The highest BCUT2D eigenvalue weighted by Gasteiger charge is 2.32. The maximum atomic E-state index is 11.8. The van der Waals surface area contributed by atoms with E-state index in [1.54, 1.807) is 19.2 Å². The first-order valence-corrected chi connectivity index (χ1v) is 12.8. The predicted octanol–water partition coefficient (Wildman–Crippen LogP) is 5.97. The van der Waals surface area contributed by atoms with Crippen LogP contribution in [-0.2, 0) is 12.8 Å². The summed E-state index contributed by atoms with van der Waals surface area (Å²) in [6.45, 7) is 8.47. The Morgan fingerprint density at radius 3 is 2.80 bits per heavy atom. The number of thiophene rings is 1. The van der Waals surface area contributed by atoms with Crippen LogP contribution in [0.3, 0.4) is 0 Å². The zero-order valence-corrected chi connectivity index (χ0v) is 21.5. The number of benzene rings is 1. The lowest BCUT2D eigenvalue weighted by Crippen LogP contribution is -2.26. The molecule has 0 saturated heterocycles. The Hall–Kier alpha value is -3.29. The quantitative estimate of drug-likeness (QED) is 0.196. The molecule has 0 radical (unpaired) electrons. The number of hydrogen-bond acceptors (Lipinski definition) is 8. The molecule has 1 N–H and O–H groups in total. The van der Waals surface area contributed by atoms with Crippen LogP contribution in [0.25, 0.3) is 0 Å². The summed E-state index contributed by atoms with van der Waals surface area (Å²) in [5.74, 6) is 0.542. The van der Waals surface area contributed by atoms with Gasteiger partial charge in [0.15, 0.2) is 5.16 Å². The van der Waals surface area contributed by atoms with Crippen molar-refractivity contribution in [3.05, 3.63) is 72.0 Å². The number of H-pyrrole nitrogens is 1. The number of rotatable bonds is 5. The number of aromatic nitrogens is 2. The molecule has 180 valence electrons. The average Bonchev–Trinajstić information content (AvgIpc) is 3.13. The number of hydrogen-bond donors (Lipinski definition) is 1. The fourth-order valence-corrected chi connectivity index (χ4v) is 6.33. The Balaban J connectivity index is 1.71. The molecule has 35 heavy (non-hydrogen) atoms. The van der Waals surface area contributed by atoms with Crippen LogP contribution in [0.1, 0.15) is 54.5 Å². The minimum atomic E-state index is -0.463. The van der Waals surface area contributed by atoms with Crippen molar-refractivity contribution in [2.75, 3.05) is 0 Å². The highest BCUT2D eigenvalue weighted by Crippen LogP contribution is 2.45. The summed E-state index contributed by atoms with van der Waals surface area (Å²) in [6, 6.07) is 8.18. The molecule has 1 aliphatic carbocycles. The second-order valence-electron chi connectivity index (χ2n) is 9.63. The lowest BCUT2D eigenvalue weighted by molar-refractivity contribution is -0.384. The monoisotopic (exact) mass is 507 g/mol. The van der Waals surface area contributed by atoms with Gasteiger partial charge < -0.3 is 4.98 Å². The van der Waals surface area contributed by atoms with Crippen molar-refractivity contribution >= 4 is 40.0 Å². The van der Waals surface area contributed by atoms with E-state index >= 15 is 0 Å². The Labute approximate surface area is 211 Å². The van der Waals surface area contributed by atoms with Gasteiger partial charge in [-0.05, 0) is 49.1 Å². The van der Waals surface area contributed by atoms with Crippen LogP contribution >= 0.6 is 23.1 Å². The maximum absolute atomic E-state index is 11.8. The third-order valence-electron chi connectivity index (χ3n) is 6.16. The molecule has 10 heteroatoms. The van der Waals surface area contributed by atoms with Gasteiger partial charge in [-0.15, -0.1) is 11.3 Å². The molecule has 1 aromatic carbocycles. The SMILES string of the molecule is Cc1cc(=O)[nH]c(Sc2ccc([N+](=O)[O-])cc2C=Nc2sc3c(c2C#N)CC[C@H](C(C)(C)C)C3)n1. The van der Waals surface area contributed by atoms with Gasteiger partial charge in [0, 0.05) is 45.4 Å². The van der Waals surface area contributed by atoms with Crippen molar-refractivity contribution in [2.24, 2.45) is 16.3 Å². The Kier molecular flexibility index (Phi) is 6.92. The number of aromatic amines is 1. The molecule has 8 nitrogen and oxygen atoms in total. The van der Waals surface area contributed by atoms with Crippen molar-refractivity contribution in [2.45, 2.75) is 57.0 Å². The van der Waals surface area contributed by atoms with Crippen LogP contribution in [0.4, 0.5) is 10.7 Å². The van der Waals surface area contributed by atoms with Gasteiger partial charge in [-0.2, -0.15) is 5.26 Å². The summed E-state index contributed by atoms with van der Waals surface area (Å²) < 4.78 is 0. The van der Waals surface area contributed by atoms with E-state index in [1.165, 1.54) is 46.2 Å². The van der Waals surface area contributed by atoms with E-state index < -0.39 is 4.92 Å². The molecule has 1 aliphatic rings. The van der Waals surface area contributed by atoms with Crippen molar-refractivity contribution in [1.29, 1.82) is 5.26 Å². The van der Waals surface area contributed by atoms with E-state index in [-0.39, 0.29) is 16.7 Å². The highest BCUT2D eigenvalue weighted by molar-refractivity contribution is 7.99. The first-order chi connectivity index (χ1) is 16.5. The first kappa shape index (κ1) is 24.8. The predicted molar refractivity (Wildman–Crippen MR) is 138 cm³/mol. The lowest BCUT2D eigenvalue weighted by atomic mass is 9.72. The topological polar surface area (TPSA) is 125 Å². The second-order valence-corrected chi connectivity index (χ2v) is 11.7. The summed E-state index contributed by atoms with van der Waals surface area (Å²) in [6.07, 6.45) is 4.38. The summed E-state index contributed by atoms with van der Waals surface area (Å²) >= 11 is 2.73. The minimum absolute atomic E-state index is 0.0690. The molecule has 1 atom stereocenters. The molecular weight excluding hydrogens is 482 g/mol. The van der Waals surface area contributed by atoms with Crippen LogP contribution in [0.2, 0.25) is 0 Å². The van der Waals surface area contributed by atoms with Gasteiger partial charge in [0.1, 0.15) is 11.1 Å². The van der Waals surface area contributed by atoms with Crippen molar-refractivity contribution in [1.82, 2.24) is 9.97 Å². The van der Waals surface area contributed by atoms with E-state index in [0.717, 1.165) is 24.8 Å². The Morgan fingerprint density at radius 2 is 2.14 bits per heavy atom. The largest absolute Gasteiger partial charge is 0.301 e. The molecule has 0 amide bonds. The van der Waals surface area contributed by atoms with E-state index in [4.69, 9.17) is 0 Å². The highest BCUT2D eigenvalue weighted by atomic mass is 32.2. The lowest BCUT2D eigenvalue weighted by Gasteiger charge is -2.33. The van der Waals surface area contributed by atoms with Crippen LogP contribution in [0.15, 0.2) is 44.1 Å². The number of nitro groups is 1. The normalized spacial score (nSPS) is 15.7. The molecular formula is C25H25N5O3S2. The molecule has 0 spiro atoms. The molecule has 4 rings (SSSR count). The zero-order valence-electron chi connectivity index (χ0n) is 19.9. The van der Waals surface area contributed by atoms with Crippen molar-refractivity contribution in [3.8, 4) is 6.07 Å². The number of aliphatic imine (C=N–C) groups is 1. The Bertz CT molecular complexity index is 1430. The molecule has 3 aromatic rings. The summed E-state index contributed by atoms with van der Waals surface area (Å²) in [5, 5.41) is 22.2. The Morgan fingerprint density at radius 1 is 1.37 bits per heavy atom. The van der Waals surface area contributed by atoms with E-state index in [0.29, 0.717) is 37.8 Å². The summed E-state index contributed by atoms with van der Waals surface area (Å²) in [4.78, 5) is 36.2. The van der Waals surface area contributed by atoms with E-state index in [2.05, 4.69) is 41.8 Å². The third-order valence-corrected chi connectivity index (χ3v) is 8.30. The number of fused-ring (bicyclic) bond motifs is 1. The number of nitrogens with one attached hydrogen (secondary N) is 1. The van der Waals surface area contributed by atoms with Crippen LogP contribution in [-0.4, -0.2) is 21.1 Å². The standard InChI is InChI=1S/C25H25N5O3S2/c1-14-9-22(31)29-24(28-14)35-20-8-6-17(30(32)33)10-15(20)13-27-23-19(12-26)18-7-5-16(25(2,3)4)11-21(18)34-23/h6,8-10,13,16H,5,7,11H2,1-4H3,(H,28,29,31)/t16-/m0/s1. The fraction of sp³-hybridized carbons (Fsp3) is 0.360. The van der Waals surface area contributed by atoms with Crippen LogP contribution in [0.5, 0.6) is 0 Å². The number of nitro benzene ring substituents is 1. The van der Waals surface area contributed by atoms with Gasteiger partial charge in [0.25, 0.3) is 11.2 Å². The number of non-ortho nitro benzene ring substituents is 1. The molecule has 0 bridgehead atoms. The minimum Gasteiger partial charge on any atom is -0.301 e. The fourth-order valence-electron chi connectivity index (χ4n) is 4.19. The van der Waals surface area contributed by atoms with Gasteiger partial charge >= 0.3 is 0 Å². The molecule has 0 fully saturated rings. The summed E-state index contributed by atoms with van der Waals surface area (Å²) in [5.41, 5.74) is 2.62. The van der Waals surface area contributed by atoms with Gasteiger partial charge in [0.05, 0.1) is 10.5 Å². The van der Waals surface area contributed by atoms with E-state index in [9.17, 15) is 20.2 Å². The molecule has 2 heterocycles. The second kappa shape index (κ2) is 9.76. The average molecular weight is 508 g/mol. The maximum Gasteiger partial charge on any atom is 0.270 e. The van der Waals surface area contributed by atoms with E-state index in [1.807, 2.05) is 0 Å².